The molecule has 1 N–H and O–H groups in total. The van der Waals surface area contributed by atoms with Gasteiger partial charge < -0.3 is 10.1 Å². The van der Waals surface area contributed by atoms with E-state index >= 15 is 0 Å². The summed E-state index contributed by atoms with van der Waals surface area (Å²) in [6, 6.07) is 4.46. The molecule has 1 atom stereocenters. The number of ether oxygens (including phenoxy) is 1. The highest BCUT2D eigenvalue weighted by atomic mass is 16.6. The number of carbonyl (C=O) groups is 2. The van der Waals surface area contributed by atoms with Gasteiger partial charge in [0, 0.05) is 17.7 Å². The summed E-state index contributed by atoms with van der Waals surface area (Å²) in [6.07, 6.45) is 0.179. The molecule has 126 valence electrons. The Kier molecular flexibility index (Phi) is 6.68. The molecule has 0 spiro atoms. The quantitative estimate of drug-likeness (QED) is 0.473. The lowest BCUT2D eigenvalue weighted by Gasteiger charge is -2.20. The van der Waals surface area contributed by atoms with Crippen LogP contribution in [0.3, 0.4) is 0 Å². The Balaban J connectivity index is 2.83. The van der Waals surface area contributed by atoms with Crippen molar-refractivity contribution in [2.75, 3.05) is 0 Å². The summed E-state index contributed by atoms with van der Waals surface area (Å²) in [4.78, 5) is 34.4. The predicted molar refractivity (Wildman–Crippen MR) is 85.0 cm³/mol. The Bertz CT molecular complexity index is 566. The van der Waals surface area contributed by atoms with Crippen molar-refractivity contribution < 1.29 is 19.2 Å². The molecule has 23 heavy (non-hydrogen) atoms. The maximum Gasteiger partial charge on any atom is 0.328 e. The fraction of sp³-hybridized carbons (Fsp3) is 0.500. The molecule has 7 nitrogen and oxygen atoms in total. The maximum atomic E-state index is 12.2. The van der Waals surface area contributed by atoms with E-state index in [4.69, 9.17) is 4.74 Å². The summed E-state index contributed by atoms with van der Waals surface area (Å²) in [5.41, 5.74) is 0.154. The summed E-state index contributed by atoms with van der Waals surface area (Å²) in [7, 11) is 0. The van der Waals surface area contributed by atoms with E-state index in [0.29, 0.717) is 6.42 Å². The Labute approximate surface area is 135 Å². The molecular weight excluding hydrogens is 300 g/mol. The van der Waals surface area contributed by atoms with Crippen molar-refractivity contribution in [3.63, 3.8) is 0 Å². The predicted octanol–water partition coefficient (Wildman–Crippen LogP) is 2.69. The van der Waals surface area contributed by atoms with Crippen LogP contribution in [0.1, 0.15) is 44.5 Å². The van der Waals surface area contributed by atoms with Gasteiger partial charge in [0.25, 0.3) is 11.6 Å². The first-order valence-corrected chi connectivity index (χ1v) is 7.46. The van der Waals surface area contributed by atoms with Gasteiger partial charge in [-0.3, -0.25) is 14.9 Å². The molecule has 0 bridgehead atoms. The van der Waals surface area contributed by atoms with Crippen LogP contribution in [0, 0.1) is 16.0 Å². The van der Waals surface area contributed by atoms with Crippen molar-refractivity contribution in [2.24, 2.45) is 5.92 Å². The fourth-order valence-electron chi connectivity index (χ4n) is 1.98. The van der Waals surface area contributed by atoms with Crippen molar-refractivity contribution in [3.8, 4) is 0 Å². The first-order chi connectivity index (χ1) is 10.7. The van der Waals surface area contributed by atoms with Crippen LogP contribution in [0.4, 0.5) is 5.69 Å². The summed E-state index contributed by atoms with van der Waals surface area (Å²) in [5, 5.41) is 13.3. The van der Waals surface area contributed by atoms with Gasteiger partial charge in [0.2, 0.25) is 0 Å². The van der Waals surface area contributed by atoms with Crippen LogP contribution in [0.25, 0.3) is 0 Å². The highest BCUT2D eigenvalue weighted by molar-refractivity contribution is 5.96. The molecule has 1 aromatic carbocycles. The molecule has 0 saturated heterocycles. The molecule has 0 aliphatic rings. The van der Waals surface area contributed by atoms with E-state index in [9.17, 15) is 19.7 Å². The monoisotopic (exact) mass is 322 g/mol. The number of amides is 1. The van der Waals surface area contributed by atoms with Crippen LogP contribution in [0.5, 0.6) is 0 Å². The molecule has 0 aliphatic heterocycles. The molecule has 0 aromatic heterocycles. The van der Waals surface area contributed by atoms with E-state index in [1.54, 1.807) is 13.8 Å². The number of nitro groups is 1. The van der Waals surface area contributed by atoms with Gasteiger partial charge in [0.15, 0.2) is 0 Å². The van der Waals surface area contributed by atoms with Gasteiger partial charge in [0.1, 0.15) is 6.04 Å². The second kappa shape index (κ2) is 8.26. The minimum atomic E-state index is -0.750. The molecule has 7 heteroatoms. The number of nitrogens with one attached hydrogen (secondary N) is 1. The first kappa shape index (κ1) is 18.6. The Hall–Kier alpha value is -2.44. The summed E-state index contributed by atoms with van der Waals surface area (Å²) in [6.45, 7) is 7.35. The lowest BCUT2D eigenvalue weighted by atomic mass is 10.0. The fourth-order valence-corrected chi connectivity index (χ4v) is 1.98. The number of esters is 1. The van der Waals surface area contributed by atoms with E-state index in [-0.39, 0.29) is 23.3 Å². The third-order valence-electron chi connectivity index (χ3n) is 2.99. The van der Waals surface area contributed by atoms with Gasteiger partial charge in [-0.2, -0.15) is 0 Å². The summed E-state index contributed by atoms with van der Waals surface area (Å²) < 4.78 is 5.16. The number of hydrogen-bond acceptors (Lipinski definition) is 5. The third-order valence-corrected chi connectivity index (χ3v) is 2.99. The van der Waals surface area contributed by atoms with Crippen LogP contribution >= 0.6 is 0 Å². The topological polar surface area (TPSA) is 98.5 Å². The Morgan fingerprint density at radius 2 is 1.74 bits per heavy atom. The average molecular weight is 322 g/mol. The van der Waals surface area contributed by atoms with Crippen molar-refractivity contribution in [1.82, 2.24) is 5.32 Å². The van der Waals surface area contributed by atoms with Crippen LogP contribution in [0.15, 0.2) is 24.3 Å². The lowest BCUT2D eigenvalue weighted by Crippen LogP contribution is -2.43. The maximum absolute atomic E-state index is 12.2. The number of nitrogens with zero attached hydrogens (tertiary/aromatic N) is 1. The smallest absolute Gasteiger partial charge is 0.328 e. The number of hydrogen-bond donors (Lipinski definition) is 1. The standard InChI is InChI=1S/C16H22N2O5/c1-10(2)9-14(16(20)23-11(3)4)17-15(19)12-5-7-13(8-6-12)18(21)22/h5-8,10-11,14H,9H2,1-4H3,(H,17,19)/t14-/m0/s1. The van der Waals surface area contributed by atoms with Crippen LogP contribution in [0.2, 0.25) is 0 Å². The molecule has 1 aromatic rings. The Morgan fingerprint density at radius 3 is 2.17 bits per heavy atom. The number of carbonyl (C=O) groups excluding carboxylic acids is 2. The van der Waals surface area contributed by atoms with E-state index in [1.807, 2.05) is 13.8 Å². The number of rotatable bonds is 7. The van der Waals surface area contributed by atoms with Gasteiger partial charge in [-0.15, -0.1) is 0 Å². The van der Waals surface area contributed by atoms with Gasteiger partial charge in [-0.25, -0.2) is 4.79 Å². The van der Waals surface area contributed by atoms with E-state index in [1.165, 1.54) is 24.3 Å². The second-order valence-corrected chi connectivity index (χ2v) is 5.95. The van der Waals surface area contributed by atoms with Crippen LogP contribution in [-0.2, 0) is 9.53 Å². The van der Waals surface area contributed by atoms with Crippen LogP contribution in [-0.4, -0.2) is 28.9 Å². The van der Waals surface area contributed by atoms with Crippen molar-refractivity contribution >= 4 is 17.6 Å². The molecule has 0 fully saturated rings. The SMILES string of the molecule is CC(C)C[C@H](NC(=O)c1ccc([N+](=O)[O-])cc1)C(=O)OC(C)C. The summed E-state index contributed by atoms with van der Waals surface area (Å²) in [5.74, 6) is -0.757. The molecule has 0 radical (unpaired) electrons. The summed E-state index contributed by atoms with van der Waals surface area (Å²) >= 11 is 0. The van der Waals surface area contributed by atoms with Gasteiger partial charge >= 0.3 is 5.97 Å². The normalized spacial score (nSPS) is 12.1. The zero-order valence-corrected chi connectivity index (χ0v) is 13.7. The Morgan fingerprint density at radius 1 is 1.17 bits per heavy atom. The van der Waals surface area contributed by atoms with Gasteiger partial charge in [-0.05, 0) is 38.3 Å². The minimum absolute atomic E-state index is 0.0977. The minimum Gasteiger partial charge on any atom is -0.461 e. The number of nitro benzene ring substituents is 1. The molecule has 0 aliphatic carbocycles. The van der Waals surface area contributed by atoms with E-state index in [2.05, 4.69) is 5.32 Å². The van der Waals surface area contributed by atoms with E-state index in [0.717, 1.165) is 0 Å². The highest BCUT2D eigenvalue weighted by Gasteiger charge is 2.24. The molecule has 0 unspecified atom stereocenters. The third kappa shape index (κ3) is 6.06. The molecule has 0 heterocycles. The zero-order valence-electron chi connectivity index (χ0n) is 13.7. The molecular formula is C16H22N2O5. The van der Waals surface area contributed by atoms with Crippen LogP contribution < -0.4 is 5.32 Å². The lowest BCUT2D eigenvalue weighted by molar-refractivity contribution is -0.384. The van der Waals surface area contributed by atoms with Crippen molar-refractivity contribution in [1.29, 1.82) is 0 Å². The largest absolute Gasteiger partial charge is 0.461 e. The second-order valence-electron chi connectivity index (χ2n) is 5.95. The zero-order chi connectivity index (χ0) is 17.6. The molecule has 1 amide bonds. The first-order valence-electron chi connectivity index (χ1n) is 7.46. The highest BCUT2D eigenvalue weighted by Crippen LogP contribution is 2.13. The molecule has 1 rings (SSSR count). The average Bonchev–Trinajstić information content (AvgIpc) is 2.45. The van der Waals surface area contributed by atoms with E-state index < -0.39 is 22.8 Å². The van der Waals surface area contributed by atoms with Gasteiger partial charge in [0.05, 0.1) is 11.0 Å². The molecule has 0 saturated carbocycles. The van der Waals surface area contributed by atoms with Gasteiger partial charge in [-0.1, -0.05) is 13.8 Å². The number of benzene rings is 1. The van der Waals surface area contributed by atoms with Crippen molar-refractivity contribution in [3.05, 3.63) is 39.9 Å². The van der Waals surface area contributed by atoms with Crippen molar-refractivity contribution in [2.45, 2.75) is 46.3 Å². The number of non-ortho nitro benzene ring substituents is 1.